The van der Waals surface area contributed by atoms with Gasteiger partial charge in [0.2, 0.25) is 0 Å². The summed E-state index contributed by atoms with van der Waals surface area (Å²) in [4.78, 5) is 11.2. The van der Waals surface area contributed by atoms with Gasteiger partial charge in [-0.2, -0.15) is 11.3 Å². The van der Waals surface area contributed by atoms with Crippen molar-refractivity contribution in [2.75, 3.05) is 0 Å². The third-order valence-electron chi connectivity index (χ3n) is 2.26. The molecule has 2 aromatic rings. The molecule has 76 valence electrons. The van der Waals surface area contributed by atoms with Crippen LogP contribution in [0.4, 0.5) is 0 Å². The maximum absolute atomic E-state index is 11.2. The molecule has 0 aliphatic heterocycles. The first kappa shape index (κ1) is 9.93. The van der Waals surface area contributed by atoms with Crippen molar-refractivity contribution < 1.29 is 9.90 Å². The molecule has 3 heteroatoms. The van der Waals surface area contributed by atoms with E-state index in [-0.39, 0.29) is 0 Å². The van der Waals surface area contributed by atoms with Gasteiger partial charge in [0.15, 0.2) is 0 Å². The fourth-order valence-corrected chi connectivity index (χ4v) is 2.25. The van der Waals surface area contributed by atoms with Gasteiger partial charge < -0.3 is 5.11 Å². The van der Waals surface area contributed by atoms with Gasteiger partial charge in [-0.3, -0.25) is 4.79 Å². The van der Waals surface area contributed by atoms with E-state index in [2.05, 4.69) is 0 Å². The number of hydrogen-bond acceptors (Lipinski definition) is 2. The summed E-state index contributed by atoms with van der Waals surface area (Å²) in [6.07, 6.45) is 0. The zero-order chi connectivity index (χ0) is 10.7. The van der Waals surface area contributed by atoms with Crippen LogP contribution in [0.15, 0.2) is 47.2 Å². The van der Waals surface area contributed by atoms with E-state index in [0.717, 1.165) is 11.1 Å². The van der Waals surface area contributed by atoms with E-state index in [9.17, 15) is 9.90 Å². The Balaban J connectivity index is 2.42. The first-order valence-corrected chi connectivity index (χ1v) is 5.53. The summed E-state index contributed by atoms with van der Waals surface area (Å²) in [6, 6.07) is 11.1. The van der Waals surface area contributed by atoms with Gasteiger partial charge in [0.1, 0.15) is 5.92 Å². The van der Waals surface area contributed by atoms with Crippen molar-refractivity contribution in [3.63, 3.8) is 0 Å². The van der Waals surface area contributed by atoms with Crippen molar-refractivity contribution in [2.45, 2.75) is 5.92 Å². The van der Waals surface area contributed by atoms with Crippen molar-refractivity contribution in [1.29, 1.82) is 0 Å². The van der Waals surface area contributed by atoms with E-state index in [4.69, 9.17) is 0 Å². The molecular formula is C12H10O2S. The molecule has 0 saturated carbocycles. The summed E-state index contributed by atoms with van der Waals surface area (Å²) < 4.78 is 0. The van der Waals surface area contributed by atoms with Crippen LogP contribution in [-0.4, -0.2) is 11.1 Å². The van der Waals surface area contributed by atoms with E-state index in [1.54, 1.807) is 0 Å². The molecule has 0 spiro atoms. The number of carboxylic acids is 1. The van der Waals surface area contributed by atoms with Gasteiger partial charge in [-0.15, -0.1) is 0 Å². The van der Waals surface area contributed by atoms with Gasteiger partial charge in [-0.1, -0.05) is 30.3 Å². The molecular weight excluding hydrogens is 208 g/mol. The lowest BCUT2D eigenvalue weighted by molar-refractivity contribution is -0.137. The van der Waals surface area contributed by atoms with E-state index in [1.165, 1.54) is 11.3 Å². The minimum atomic E-state index is -0.806. The molecule has 1 N–H and O–H groups in total. The molecule has 0 bridgehead atoms. The van der Waals surface area contributed by atoms with Crippen LogP contribution in [-0.2, 0) is 4.79 Å². The second-order valence-electron chi connectivity index (χ2n) is 3.24. The Morgan fingerprint density at radius 1 is 1.13 bits per heavy atom. The van der Waals surface area contributed by atoms with Crippen LogP contribution in [0, 0.1) is 0 Å². The average Bonchev–Trinajstić information content (AvgIpc) is 2.72. The Bertz CT molecular complexity index is 434. The SMILES string of the molecule is O=C(O)C(c1ccccc1)c1ccsc1. The lowest BCUT2D eigenvalue weighted by Gasteiger charge is -2.10. The minimum absolute atomic E-state index is 0.544. The van der Waals surface area contributed by atoms with Crippen LogP contribution in [0.5, 0.6) is 0 Å². The maximum Gasteiger partial charge on any atom is 0.315 e. The Kier molecular flexibility index (Phi) is 2.83. The topological polar surface area (TPSA) is 37.3 Å². The molecule has 0 fully saturated rings. The van der Waals surface area contributed by atoms with Crippen molar-refractivity contribution in [3.05, 3.63) is 58.3 Å². The number of carboxylic acid groups (broad SMARTS) is 1. The van der Waals surface area contributed by atoms with E-state index in [0.29, 0.717) is 0 Å². The van der Waals surface area contributed by atoms with Gasteiger partial charge in [-0.25, -0.2) is 0 Å². The van der Waals surface area contributed by atoms with Crippen LogP contribution in [0.2, 0.25) is 0 Å². The van der Waals surface area contributed by atoms with E-state index >= 15 is 0 Å². The highest BCUT2D eigenvalue weighted by molar-refractivity contribution is 7.08. The molecule has 0 aliphatic carbocycles. The highest BCUT2D eigenvalue weighted by atomic mass is 32.1. The van der Waals surface area contributed by atoms with Crippen LogP contribution in [0.25, 0.3) is 0 Å². The zero-order valence-corrected chi connectivity index (χ0v) is 8.78. The van der Waals surface area contributed by atoms with Crippen molar-refractivity contribution >= 4 is 17.3 Å². The molecule has 1 unspecified atom stereocenters. The zero-order valence-electron chi connectivity index (χ0n) is 7.96. The molecule has 1 atom stereocenters. The largest absolute Gasteiger partial charge is 0.481 e. The highest BCUT2D eigenvalue weighted by Crippen LogP contribution is 2.26. The van der Waals surface area contributed by atoms with Crippen LogP contribution in [0.3, 0.4) is 0 Å². The molecule has 0 aliphatic rings. The summed E-state index contributed by atoms with van der Waals surface area (Å²) in [5, 5.41) is 13.0. The van der Waals surface area contributed by atoms with Crippen LogP contribution >= 0.6 is 11.3 Å². The second kappa shape index (κ2) is 4.28. The number of benzene rings is 1. The minimum Gasteiger partial charge on any atom is -0.481 e. The summed E-state index contributed by atoms with van der Waals surface area (Å²) in [7, 11) is 0. The van der Waals surface area contributed by atoms with Gasteiger partial charge >= 0.3 is 5.97 Å². The molecule has 0 radical (unpaired) electrons. The monoisotopic (exact) mass is 218 g/mol. The lowest BCUT2D eigenvalue weighted by atomic mass is 9.94. The fourth-order valence-electron chi connectivity index (χ4n) is 1.56. The molecule has 0 saturated heterocycles. The van der Waals surface area contributed by atoms with Gasteiger partial charge in [0, 0.05) is 0 Å². The van der Waals surface area contributed by atoms with Crippen molar-refractivity contribution in [1.82, 2.24) is 0 Å². The summed E-state index contributed by atoms with van der Waals surface area (Å²) in [5.41, 5.74) is 1.67. The molecule has 15 heavy (non-hydrogen) atoms. The second-order valence-corrected chi connectivity index (χ2v) is 4.02. The number of rotatable bonds is 3. The molecule has 2 nitrogen and oxygen atoms in total. The fraction of sp³-hybridized carbons (Fsp3) is 0.0833. The molecule has 1 aromatic carbocycles. The summed E-state index contributed by atoms with van der Waals surface area (Å²) in [5.74, 6) is -1.35. The van der Waals surface area contributed by atoms with Crippen LogP contribution < -0.4 is 0 Å². The van der Waals surface area contributed by atoms with Gasteiger partial charge in [0.05, 0.1) is 0 Å². The molecule has 2 rings (SSSR count). The predicted molar refractivity (Wildman–Crippen MR) is 60.2 cm³/mol. The normalized spacial score (nSPS) is 12.3. The quantitative estimate of drug-likeness (QED) is 0.860. The smallest absolute Gasteiger partial charge is 0.315 e. The Morgan fingerprint density at radius 2 is 1.87 bits per heavy atom. The third-order valence-corrected chi connectivity index (χ3v) is 2.96. The Labute approximate surface area is 91.8 Å². The van der Waals surface area contributed by atoms with Gasteiger partial charge in [-0.05, 0) is 28.0 Å². The number of hydrogen-bond donors (Lipinski definition) is 1. The number of thiophene rings is 1. The first-order chi connectivity index (χ1) is 7.29. The van der Waals surface area contributed by atoms with Gasteiger partial charge in [0.25, 0.3) is 0 Å². The number of aliphatic carboxylic acids is 1. The molecule has 1 aromatic heterocycles. The Morgan fingerprint density at radius 3 is 2.40 bits per heavy atom. The Hall–Kier alpha value is -1.61. The molecule has 0 amide bonds. The van der Waals surface area contributed by atoms with Crippen molar-refractivity contribution in [3.8, 4) is 0 Å². The van der Waals surface area contributed by atoms with Crippen molar-refractivity contribution in [2.24, 2.45) is 0 Å². The highest BCUT2D eigenvalue weighted by Gasteiger charge is 2.21. The van der Waals surface area contributed by atoms with E-state index in [1.807, 2.05) is 47.2 Å². The van der Waals surface area contributed by atoms with E-state index < -0.39 is 11.9 Å². The summed E-state index contributed by atoms with van der Waals surface area (Å²) in [6.45, 7) is 0. The lowest BCUT2D eigenvalue weighted by Crippen LogP contribution is -2.11. The average molecular weight is 218 g/mol. The number of carbonyl (C=O) groups is 1. The summed E-state index contributed by atoms with van der Waals surface area (Å²) >= 11 is 1.52. The maximum atomic E-state index is 11.2. The first-order valence-electron chi connectivity index (χ1n) is 4.59. The predicted octanol–water partition coefficient (Wildman–Crippen LogP) is 2.96. The van der Waals surface area contributed by atoms with Crippen LogP contribution in [0.1, 0.15) is 17.0 Å². The third kappa shape index (κ3) is 2.07. The standard InChI is InChI=1S/C12H10O2S/c13-12(14)11(10-6-7-15-8-10)9-4-2-1-3-5-9/h1-8,11H,(H,13,14). The molecule has 1 heterocycles.